The monoisotopic (exact) mass is 323 g/mol. The first-order valence-corrected chi connectivity index (χ1v) is 7.51. The van der Waals surface area contributed by atoms with Gasteiger partial charge in [-0.15, -0.1) is 0 Å². The second kappa shape index (κ2) is 6.95. The molecule has 0 aliphatic carbocycles. The Morgan fingerprint density at radius 1 is 1.17 bits per heavy atom. The van der Waals surface area contributed by atoms with Crippen LogP contribution in [-0.2, 0) is 4.79 Å². The first-order valence-electron chi connectivity index (χ1n) is 7.51. The summed E-state index contributed by atoms with van der Waals surface area (Å²) in [6.45, 7) is 3.59. The van der Waals surface area contributed by atoms with Crippen molar-refractivity contribution in [2.45, 2.75) is 13.8 Å². The molecule has 0 atom stereocenters. The quantitative estimate of drug-likeness (QED) is 0.779. The van der Waals surface area contributed by atoms with Crippen LogP contribution in [0.15, 0.2) is 53.1 Å². The highest BCUT2D eigenvalue weighted by Crippen LogP contribution is 2.21. The van der Waals surface area contributed by atoms with Gasteiger partial charge in [-0.1, -0.05) is 35.5 Å². The Balaban J connectivity index is 1.62. The van der Waals surface area contributed by atoms with Gasteiger partial charge >= 0.3 is 0 Å². The summed E-state index contributed by atoms with van der Waals surface area (Å²) in [7, 11) is 0. The van der Waals surface area contributed by atoms with Crippen LogP contribution in [0.3, 0.4) is 0 Å². The SMILES string of the molecule is Cc1nc(-c2cccc(OCC(=O)Nc3ccccc3C)c2)no1. The van der Waals surface area contributed by atoms with E-state index in [0.29, 0.717) is 17.5 Å². The van der Waals surface area contributed by atoms with Crippen molar-refractivity contribution in [3.05, 3.63) is 60.0 Å². The van der Waals surface area contributed by atoms with Crippen molar-refractivity contribution in [1.82, 2.24) is 10.1 Å². The fourth-order valence-electron chi connectivity index (χ4n) is 2.19. The van der Waals surface area contributed by atoms with Crippen molar-refractivity contribution < 1.29 is 14.1 Å². The second-order valence-corrected chi connectivity index (χ2v) is 5.32. The predicted molar refractivity (Wildman–Crippen MR) is 89.8 cm³/mol. The van der Waals surface area contributed by atoms with E-state index in [2.05, 4.69) is 15.5 Å². The standard InChI is InChI=1S/C18H17N3O3/c1-12-6-3-4-9-16(12)20-17(22)11-23-15-8-5-7-14(10-15)18-19-13(2)24-21-18/h3-10H,11H2,1-2H3,(H,20,22). The number of aromatic nitrogens is 2. The minimum absolute atomic E-state index is 0.0803. The van der Waals surface area contributed by atoms with Gasteiger partial charge in [0.2, 0.25) is 11.7 Å². The maximum atomic E-state index is 12.0. The first kappa shape index (κ1) is 15.7. The van der Waals surface area contributed by atoms with Crippen LogP contribution in [0.1, 0.15) is 11.5 Å². The second-order valence-electron chi connectivity index (χ2n) is 5.32. The van der Waals surface area contributed by atoms with Gasteiger partial charge in [-0.05, 0) is 30.7 Å². The van der Waals surface area contributed by atoms with E-state index >= 15 is 0 Å². The van der Waals surface area contributed by atoms with Crippen LogP contribution in [0.25, 0.3) is 11.4 Å². The molecule has 0 radical (unpaired) electrons. The van der Waals surface area contributed by atoms with Crippen molar-refractivity contribution in [3.63, 3.8) is 0 Å². The first-order chi connectivity index (χ1) is 11.6. The lowest BCUT2D eigenvalue weighted by Gasteiger charge is -2.09. The molecule has 0 saturated carbocycles. The van der Waals surface area contributed by atoms with Gasteiger partial charge in [0.05, 0.1) is 0 Å². The molecule has 1 N–H and O–H groups in total. The number of benzene rings is 2. The topological polar surface area (TPSA) is 77.2 Å². The smallest absolute Gasteiger partial charge is 0.262 e. The van der Waals surface area contributed by atoms with E-state index in [1.54, 1.807) is 19.1 Å². The summed E-state index contributed by atoms with van der Waals surface area (Å²) in [5.41, 5.74) is 2.55. The minimum atomic E-state index is -0.217. The molecule has 0 aliphatic rings. The van der Waals surface area contributed by atoms with Crippen LogP contribution in [0, 0.1) is 13.8 Å². The third kappa shape index (κ3) is 3.78. The number of nitrogens with one attached hydrogen (secondary N) is 1. The number of carbonyl (C=O) groups is 1. The number of ether oxygens (including phenoxy) is 1. The maximum Gasteiger partial charge on any atom is 0.262 e. The molecule has 1 heterocycles. The summed E-state index contributed by atoms with van der Waals surface area (Å²) in [5, 5.41) is 6.69. The lowest BCUT2D eigenvalue weighted by molar-refractivity contribution is -0.118. The number of nitrogens with zero attached hydrogens (tertiary/aromatic N) is 2. The molecule has 3 aromatic rings. The Labute approximate surface area is 139 Å². The Bertz CT molecular complexity index is 858. The molecule has 2 aromatic carbocycles. The van der Waals surface area contributed by atoms with Crippen molar-refractivity contribution in [2.75, 3.05) is 11.9 Å². The Hall–Kier alpha value is -3.15. The molecule has 6 heteroatoms. The highest BCUT2D eigenvalue weighted by molar-refractivity contribution is 5.92. The number of carbonyl (C=O) groups excluding carboxylic acids is 1. The van der Waals surface area contributed by atoms with Crippen molar-refractivity contribution in [1.29, 1.82) is 0 Å². The van der Waals surface area contributed by atoms with Gasteiger partial charge in [0.25, 0.3) is 5.91 Å². The highest BCUT2D eigenvalue weighted by atomic mass is 16.5. The lowest BCUT2D eigenvalue weighted by Crippen LogP contribution is -2.20. The van der Waals surface area contributed by atoms with Crippen LogP contribution in [0.4, 0.5) is 5.69 Å². The van der Waals surface area contributed by atoms with Crippen molar-refractivity contribution >= 4 is 11.6 Å². The molecular weight excluding hydrogens is 306 g/mol. The van der Waals surface area contributed by atoms with Crippen LogP contribution < -0.4 is 10.1 Å². The Morgan fingerprint density at radius 2 is 2.00 bits per heavy atom. The van der Waals surface area contributed by atoms with E-state index in [1.807, 2.05) is 43.3 Å². The fourth-order valence-corrected chi connectivity index (χ4v) is 2.19. The molecule has 0 fully saturated rings. The van der Waals surface area contributed by atoms with E-state index in [-0.39, 0.29) is 12.5 Å². The number of amides is 1. The third-order valence-electron chi connectivity index (χ3n) is 3.41. The predicted octanol–water partition coefficient (Wildman–Crippen LogP) is 3.37. The number of hydrogen-bond donors (Lipinski definition) is 1. The molecule has 1 amide bonds. The third-order valence-corrected chi connectivity index (χ3v) is 3.41. The van der Waals surface area contributed by atoms with Crippen LogP contribution in [0.2, 0.25) is 0 Å². The average molecular weight is 323 g/mol. The molecular formula is C18H17N3O3. The molecule has 0 saturated heterocycles. The summed E-state index contributed by atoms with van der Waals surface area (Å²) in [6, 6.07) is 14.8. The molecule has 0 aliphatic heterocycles. The number of para-hydroxylation sites is 1. The highest BCUT2D eigenvalue weighted by Gasteiger charge is 2.09. The number of aryl methyl sites for hydroxylation is 2. The fraction of sp³-hybridized carbons (Fsp3) is 0.167. The summed E-state index contributed by atoms with van der Waals surface area (Å²) in [6.07, 6.45) is 0. The van der Waals surface area contributed by atoms with E-state index in [1.165, 1.54) is 0 Å². The summed E-state index contributed by atoms with van der Waals surface area (Å²) >= 11 is 0. The van der Waals surface area contributed by atoms with E-state index in [4.69, 9.17) is 9.26 Å². The molecule has 0 spiro atoms. The minimum Gasteiger partial charge on any atom is -0.484 e. The van der Waals surface area contributed by atoms with Gasteiger partial charge in [-0.3, -0.25) is 4.79 Å². The number of rotatable bonds is 5. The van der Waals surface area contributed by atoms with Gasteiger partial charge in [0.15, 0.2) is 6.61 Å². The molecule has 0 unspecified atom stereocenters. The van der Waals surface area contributed by atoms with Gasteiger partial charge in [-0.2, -0.15) is 4.98 Å². The van der Waals surface area contributed by atoms with E-state index in [0.717, 1.165) is 16.8 Å². The van der Waals surface area contributed by atoms with Gasteiger partial charge in [0.1, 0.15) is 5.75 Å². The van der Waals surface area contributed by atoms with Gasteiger partial charge in [0, 0.05) is 18.2 Å². The van der Waals surface area contributed by atoms with Crippen LogP contribution in [0.5, 0.6) is 5.75 Å². The molecule has 3 rings (SSSR count). The zero-order valence-electron chi connectivity index (χ0n) is 13.4. The average Bonchev–Trinajstić information content (AvgIpc) is 3.02. The number of hydrogen-bond acceptors (Lipinski definition) is 5. The number of anilines is 1. The normalized spacial score (nSPS) is 10.4. The summed E-state index contributed by atoms with van der Waals surface area (Å²) < 4.78 is 10.5. The van der Waals surface area contributed by atoms with Crippen molar-refractivity contribution in [3.8, 4) is 17.1 Å². The van der Waals surface area contributed by atoms with E-state index < -0.39 is 0 Å². The zero-order valence-corrected chi connectivity index (χ0v) is 13.4. The molecule has 24 heavy (non-hydrogen) atoms. The lowest BCUT2D eigenvalue weighted by atomic mass is 10.2. The van der Waals surface area contributed by atoms with Gasteiger partial charge < -0.3 is 14.6 Å². The molecule has 1 aromatic heterocycles. The molecule has 122 valence electrons. The van der Waals surface area contributed by atoms with Crippen LogP contribution in [-0.4, -0.2) is 22.7 Å². The Kier molecular flexibility index (Phi) is 4.56. The maximum absolute atomic E-state index is 12.0. The summed E-state index contributed by atoms with van der Waals surface area (Å²) in [4.78, 5) is 16.2. The zero-order chi connectivity index (χ0) is 16.9. The van der Waals surface area contributed by atoms with E-state index in [9.17, 15) is 4.79 Å². The van der Waals surface area contributed by atoms with Crippen LogP contribution >= 0.6 is 0 Å². The Morgan fingerprint density at radius 3 is 2.75 bits per heavy atom. The largest absolute Gasteiger partial charge is 0.484 e. The molecule has 6 nitrogen and oxygen atoms in total. The van der Waals surface area contributed by atoms with Crippen molar-refractivity contribution in [2.24, 2.45) is 0 Å². The summed E-state index contributed by atoms with van der Waals surface area (Å²) in [5.74, 6) is 1.33. The van der Waals surface area contributed by atoms with Gasteiger partial charge in [-0.25, -0.2) is 0 Å². The molecule has 0 bridgehead atoms.